The molecule has 0 aliphatic heterocycles. The Balaban J connectivity index is 2.14. The highest BCUT2D eigenvalue weighted by molar-refractivity contribution is 5.57. The summed E-state index contributed by atoms with van der Waals surface area (Å²) in [5.41, 5.74) is 1.25. The van der Waals surface area contributed by atoms with E-state index in [2.05, 4.69) is 41.4 Å². The average molecular weight is 276 g/mol. The summed E-state index contributed by atoms with van der Waals surface area (Å²) in [5.74, 6) is 2.86. The number of aromatic nitrogens is 2. The molecular weight excluding hydrogens is 248 g/mol. The second-order valence-electron chi connectivity index (χ2n) is 5.94. The van der Waals surface area contributed by atoms with Crippen molar-refractivity contribution in [2.75, 3.05) is 17.2 Å². The first-order valence-electron chi connectivity index (χ1n) is 8.08. The highest BCUT2D eigenvalue weighted by Gasteiger charge is 2.20. The van der Waals surface area contributed by atoms with E-state index in [0.29, 0.717) is 6.04 Å². The number of nitrogens with one attached hydrogen (secondary N) is 2. The van der Waals surface area contributed by atoms with Gasteiger partial charge >= 0.3 is 0 Å². The molecule has 1 aromatic heterocycles. The minimum atomic E-state index is 0.568. The van der Waals surface area contributed by atoms with Crippen molar-refractivity contribution in [2.24, 2.45) is 5.92 Å². The first-order valence-corrected chi connectivity index (χ1v) is 8.08. The van der Waals surface area contributed by atoms with E-state index in [1.807, 2.05) is 0 Å². The summed E-state index contributed by atoms with van der Waals surface area (Å²) in [6, 6.07) is 0.568. The number of rotatable bonds is 6. The zero-order chi connectivity index (χ0) is 14.4. The molecule has 2 unspecified atom stereocenters. The summed E-state index contributed by atoms with van der Waals surface area (Å²) in [6.07, 6.45) is 9.02. The average Bonchev–Trinajstić information content (AvgIpc) is 2.43. The molecule has 1 aliphatic rings. The molecule has 1 aliphatic carbocycles. The first kappa shape index (κ1) is 15.1. The Morgan fingerprint density at radius 1 is 1.20 bits per heavy atom. The van der Waals surface area contributed by atoms with E-state index in [1.54, 1.807) is 6.33 Å². The first-order chi connectivity index (χ1) is 9.74. The molecule has 0 aromatic carbocycles. The molecule has 20 heavy (non-hydrogen) atoms. The van der Waals surface area contributed by atoms with Crippen molar-refractivity contribution in [3.8, 4) is 0 Å². The lowest BCUT2D eigenvalue weighted by molar-refractivity contribution is 0.358. The van der Waals surface area contributed by atoms with Crippen molar-refractivity contribution in [1.29, 1.82) is 0 Å². The SMILES string of the molecule is CCCc1c(NCC)ncnc1NC1CCCC(C)C1. The van der Waals surface area contributed by atoms with Gasteiger partial charge < -0.3 is 10.6 Å². The van der Waals surface area contributed by atoms with Crippen LogP contribution in [0.2, 0.25) is 0 Å². The Labute approximate surface area is 122 Å². The van der Waals surface area contributed by atoms with E-state index in [0.717, 1.165) is 36.9 Å². The van der Waals surface area contributed by atoms with Crippen LogP contribution in [0, 0.1) is 5.92 Å². The summed E-state index contributed by atoms with van der Waals surface area (Å²) in [6.45, 7) is 7.56. The van der Waals surface area contributed by atoms with Gasteiger partial charge in [-0.15, -0.1) is 0 Å². The molecule has 0 saturated heterocycles. The molecule has 4 heteroatoms. The lowest BCUT2D eigenvalue weighted by Crippen LogP contribution is -2.27. The fourth-order valence-corrected chi connectivity index (χ4v) is 3.10. The van der Waals surface area contributed by atoms with E-state index in [-0.39, 0.29) is 0 Å². The molecule has 0 amide bonds. The topological polar surface area (TPSA) is 49.8 Å². The quantitative estimate of drug-likeness (QED) is 0.828. The van der Waals surface area contributed by atoms with Gasteiger partial charge in [-0.2, -0.15) is 0 Å². The minimum Gasteiger partial charge on any atom is -0.370 e. The summed E-state index contributed by atoms with van der Waals surface area (Å²) >= 11 is 0. The van der Waals surface area contributed by atoms with Crippen LogP contribution >= 0.6 is 0 Å². The Hall–Kier alpha value is -1.32. The monoisotopic (exact) mass is 276 g/mol. The molecule has 0 radical (unpaired) electrons. The van der Waals surface area contributed by atoms with E-state index >= 15 is 0 Å². The van der Waals surface area contributed by atoms with Gasteiger partial charge in [-0.1, -0.05) is 33.1 Å². The van der Waals surface area contributed by atoms with E-state index < -0.39 is 0 Å². The third-order valence-electron chi connectivity index (χ3n) is 4.07. The van der Waals surface area contributed by atoms with Gasteiger partial charge in [0.05, 0.1) is 0 Å². The maximum Gasteiger partial charge on any atom is 0.134 e. The fraction of sp³-hybridized carbons (Fsp3) is 0.750. The van der Waals surface area contributed by atoms with Crippen LogP contribution in [0.1, 0.15) is 58.4 Å². The molecule has 2 rings (SSSR count). The second-order valence-corrected chi connectivity index (χ2v) is 5.94. The van der Waals surface area contributed by atoms with Crippen molar-refractivity contribution < 1.29 is 0 Å². The minimum absolute atomic E-state index is 0.568. The molecule has 2 atom stereocenters. The molecule has 0 bridgehead atoms. The molecule has 0 spiro atoms. The number of hydrogen-bond donors (Lipinski definition) is 2. The van der Waals surface area contributed by atoms with Crippen LogP contribution in [0.25, 0.3) is 0 Å². The van der Waals surface area contributed by atoms with E-state index in [4.69, 9.17) is 0 Å². The van der Waals surface area contributed by atoms with Crippen molar-refractivity contribution in [3.05, 3.63) is 11.9 Å². The lowest BCUT2D eigenvalue weighted by atomic mass is 9.87. The summed E-state index contributed by atoms with van der Waals surface area (Å²) in [7, 11) is 0. The molecule has 1 aromatic rings. The zero-order valence-corrected chi connectivity index (χ0v) is 13.1. The van der Waals surface area contributed by atoms with Crippen molar-refractivity contribution in [1.82, 2.24) is 9.97 Å². The number of nitrogens with zero attached hydrogens (tertiary/aromatic N) is 2. The van der Waals surface area contributed by atoms with Crippen LogP contribution in [-0.4, -0.2) is 22.6 Å². The predicted molar refractivity (Wildman–Crippen MR) is 85.2 cm³/mol. The number of anilines is 2. The fourth-order valence-electron chi connectivity index (χ4n) is 3.10. The van der Waals surface area contributed by atoms with Crippen LogP contribution in [0.15, 0.2) is 6.33 Å². The van der Waals surface area contributed by atoms with Crippen LogP contribution in [0.5, 0.6) is 0 Å². The summed E-state index contributed by atoms with van der Waals surface area (Å²) in [5, 5.41) is 7.03. The molecule has 1 fully saturated rings. The van der Waals surface area contributed by atoms with Crippen LogP contribution in [0.4, 0.5) is 11.6 Å². The third kappa shape index (κ3) is 3.84. The van der Waals surface area contributed by atoms with Gasteiger partial charge in [0.15, 0.2) is 0 Å². The van der Waals surface area contributed by atoms with Crippen LogP contribution < -0.4 is 10.6 Å². The largest absolute Gasteiger partial charge is 0.370 e. The standard InChI is InChI=1S/C16H28N4/c1-4-7-14-15(17-5-2)18-11-19-16(14)20-13-9-6-8-12(3)10-13/h11-13H,4-10H2,1-3H3,(H2,17,18,19,20). The molecule has 1 heterocycles. The number of hydrogen-bond acceptors (Lipinski definition) is 4. The Kier molecular flexibility index (Phi) is 5.62. The maximum atomic E-state index is 4.50. The lowest BCUT2D eigenvalue weighted by Gasteiger charge is -2.28. The summed E-state index contributed by atoms with van der Waals surface area (Å²) in [4.78, 5) is 8.89. The van der Waals surface area contributed by atoms with Crippen LogP contribution in [-0.2, 0) is 6.42 Å². The van der Waals surface area contributed by atoms with Crippen LogP contribution in [0.3, 0.4) is 0 Å². The van der Waals surface area contributed by atoms with E-state index in [1.165, 1.54) is 31.2 Å². The molecular formula is C16H28N4. The Morgan fingerprint density at radius 3 is 2.70 bits per heavy atom. The second kappa shape index (κ2) is 7.46. The van der Waals surface area contributed by atoms with Gasteiger partial charge in [0.25, 0.3) is 0 Å². The van der Waals surface area contributed by atoms with Gasteiger partial charge in [0.2, 0.25) is 0 Å². The highest BCUT2D eigenvalue weighted by atomic mass is 15.1. The highest BCUT2D eigenvalue weighted by Crippen LogP contribution is 2.28. The van der Waals surface area contributed by atoms with Gasteiger partial charge in [-0.05, 0) is 32.1 Å². The van der Waals surface area contributed by atoms with Gasteiger partial charge in [-0.3, -0.25) is 0 Å². The van der Waals surface area contributed by atoms with Crippen molar-refractivity contribution >= 4 is 11.6 Å². The molecule has 112 valence electrons. The van der Waals surface area contributed by atoms with Gasteiger partial charge in [0.1, 0.15) is 18.0 Å². The zero-order valence-electron chi connectivity index (χ0n) is 13.1. The Morgan fingerprint density at radius 2 is 2.00 bits per heavy atom. The van der Waals surface area contributed by atoms with Gasteiger partial charge in [0, 0.05) is 18.2 Å². The van der Waals surface area contributed by atoms with Gasteiger partial charge in [-0.25, -0.2) is 9.97 Å². The predicted octanol–water partition coefficient (Wildman–Crippen LogP) is 3.85. The van der Waals surface area contributed by atoms with E-state index in [9.17, 15) is 0 Å². The smallest absolute Gasteiger partial charge is 0.134 e. The molecule has 2 N–H and O–H groups in total. The van der Waals surface area contributed by atoms with Crippen molar-refractivity contribution in [2.45, 2.75) is 65.3 Å². The normalized spacial score (nSPS) is 22.6. The third-order valence-corrected chi connectivity index (χ3v) is 4.07. The van der Waals surface area contributed by atoms with Crippen molar-refractivity contribution in [3.63, 3.8) is 0 Å². The maximum absolute atomic E-state index is 4.50. The summed E-state index contributed by atoms with van der Waals surface area (Å²) < 4.78 is 0. The Bertz CT molecular complexity index is 419. The molecule has 1 saturated carbocycles. The molecule has 4 nitrogen and oxygen atoms in total.